The Morgan fingerprint density at radius 1 is 1.00 bits per heavy atom. The normalized spacial score (nSPS) is 11.1. The molecule has 1 amide bonds. The number of ether oxygens (including phenoxy) is 1. The third kappa shape index (κ3) is 5.35. The summed E-state index contributed by atoms with van der Waals surface area (Å²) < 4.78 is 33.4. The molecule has 0 saturated carbocycles. The molecule has 0 radical (unpaired) electrons. The van der Waals surface area contributed by atoms with Crippen molar-refractivity contribution in [1.29, 1.82) is 0 Å². The summed E-state index contributed by atoms with van der Waals surface area (Å²) in [5.41, 5.74) is 2.27. The van der Waals surface area contributed by atoms with Crippen molar-refractivity contribution in [3.63, 3.8) is 0 Å². The third-order valence-electron chi connectivity index (χ3n) is 4.69. The highest BCUT2D eigenvalue weighted by atomic mass is 32.2. The lowest BCUT2D eigenvalue weighted by atomic mass is 10.1. The number of hydrogen-bond acceptors (Lipinski definition) is 6. The van der Waals surface area contributed by atoms with Gasteiger partial charge >= 0.3 is 5.97 Å². The van der Waals surface area contributed by atoms with Crippen molar-refractivity contribution < 1.29 is 22.7 Å². The predicted molar refractivity (Wildman–Crippen MR) is 125 cm³/mol. The summed E-state index contributed by atoms with van der Waals surface area (Å²) in [6.45, 7) is 5.55. The minimum Gasteiger partial charge on any atom is -0.462 e. The van der Waals surface area contributed by atoms with Gasteiger partial charge in [0, 0.05) is 6.54 Å². The van der Waals surface area contributed by atoms with Crippen LogP contribution in [-0.2, 0) is 21.3 Å². The van der Waals surface area contributed by atoms with Gasteiger partial charge in [-0.25, -0.2) is 13.2 Å². The van der Waals surface area contributed by atoms with E-state index in [-0.39, 0.29) is 33.5 Å². The highest BCUT2D eigenvalue weighted by Crippen LogP contribution is 2.35. The molecule has 7 nitrogen and oxygen atoms in total. The van der Waals surface area contributed by atoms with Crippen molar-refractivity contribution in [2.75, 3.05) is 11.3 Å². The lowest BCUT2D eigenvalue weighted by Gasteiger charge is -2.10. The number of amides is 1. The third-order valence-corrected chi connectivity index (χ3v) is 7.37. The van der Waals surface area contributed by atoms with Gasteiger partial charge in [0.25, 0.3) is 15.9 Å². The smallest absolute Gasteiger partial charge is 0.348 e. The number of carbonyl (C=O) groups is 2. The maximum Gasteiger partial charge on any atom is 0.348 e. The highest BCUT2D eigenvalue weighted by molar-refractivity contribution is 7.93. The zero-order valence-corrected chi connectivity index (χ0v) is 19.6. The van der Waals surface area contributed by atoms with Gasteiger partial charge in [-0.15, -0.1) is 11.3 Å². The van der Waals surface area contributed by atoms with Crippen molar-refractivity contribution in [1.82, 2.24) is 5.32 Å². The number of anilines is 1. The molecule has 0 bridgehead atoms. The van der Waals surface area contributed by atoms with E-state index in [1.54, 1.807) is 26.0 Å². The van der Waals surface area contributed by atoms with Crippen LogP contribution in [0.2, 0.25) is 0 Å². The molecule has 32 heavy (non-hydrogen) atoms. The number of esters is 1. The number of carbonyl (C=O) groups excluding carboxylic acids is 2. The summed E-state index contributed by atoms with van der Waals surface area (Å²) in [4.78, 5) is 25.7. The van der Waals surface area contributed by atoms with Crippen LogP contribution >= 0.6 is 11.3 Å². The van der Waals surface area contributed by atoms with Crippen LogP contribution in [-0.4, -0.2) is 26.9 Å². The van der Waals surface area contributed by atoms with E-state index in [4.69, 9.17) is 4.74 Å². The molecule has 0 aliphatic rings. The van der Waals surface area contributed by atoms with E-state index >= 15 is 0 Å². The summed E-state index contributed by atoms with van der Waals surface area (Å²) in [6, 6.07) is 15.7. The van der Waals surface area contributed by atoms with Gasteiger partial charge in [-0.1, -0.05) is 48.0 Å². The highest BCUT2D eigenvalue weighted by Gasteiger charge is 2.28. The average Bonchev–Trinajstić information content (AvgIpc) is 3.08. The van der Waals surface area contributed by atoms with E-state index in [2.05, 4.69) is 10.0 Å². The Hall–Kier alpha value is -3.17. The topological polar surface area (TPSA) is 102 Å². The monoisotopic (exact) mass is 472 g/mol. The van der Waals surface area contributed by atoms with Crippen LogP contribution in [0.4, 0.5) is 5.00 Å². The Bertz CT molecular complexity index is 1220. The van der Waals surface area contributed by atoms with Crippen LogP contribution in [0.25, 0.3) is 0 Å². The molecule has 1 heterocycles. The summed E-state index contributed by atoms with van der Waals surface area (Å²) in [5.74, 6) is -1.09. The lowest BCUT2D eigenvalue weighted by molar-refractivity contribution is 0.0531. The second-order valence-electron chi connectivity index (χ2n) is 7.07. The molecule has 168 valence electrons. The van der Waals surface area contributed by atoms with Gasteiger partial charge in [-0.3, -0.25) is 9.52 Å². The first-order valence-electron chi connectivity index (χ1n) is 9.95. The lowest BCUT2D eigenvalue weighted by Crippen LogP contribution is -2.25. The number of sulfonamides is 1. The molecule has 9 heteroatoms. The minimum absolute atomic E-state index is 0.0579. The zero-order chi connectivity index (χ0) is 23.3. The van der Waals surface area contributed by atoms with Gasteiger partial charge in [0.1, 0.15) is 9.88 Å². The Morgan fingerprint density at radius 3 is 2.28 bits per heavy atom. The number of benzene rings is 2. The van der Waals surface area contributed by atoms with E-state index < -0.39 is 21.9 Å². The van der Waals surface area contributed by atoms with Gasteiger partial charge < -0.3 is 10.1 Å². The molecule has 1 aromatic heterocycles. The standard InChI is InChI=1S/C23H24N2O5S2/c1-4-30-23(27)20-16(3)19(21(26)24-14-17-8-6-5-7-9-17)22(31-20)25-32(28,29)18-12-10-15(2)11-13-18/h5-13,25H,4,14H2,1-3H3,(H,24,26). The van der Waals surface area contributed by atoms with Crippen LogP contribution in [0, 0.1) is 13.8 Å². The van der Waals surface area contributed by atoms with Crippen molar-refractivity contribution >= 4 is 38.2 Å². The average molecular weight is 473 g/mol. The predicted octanol–water partition coefficient (Wildman–Crippen LogP) is 4.27. The number of rotatable bonds is 8. The molecular formula is C23H24N2O5S2. The van der Waals surface area contributed by atoms with Crippen molar-refractivity contribution in [2.45, 2.75) is 32.2 Å². The van der Waals surface area contributed by atoms with Crippen LogP contribution in [0.1, 0.15) is 43.6 Å². The molecule has 0 aliphatic heterocycles. The molecule has 2 N–H and O–H groups in total. The molecule has 0 aliphatic carbocycles. The number of hydrogen-bond donors (Lipinski definition) is 2. The van der Waals surface area contributed by atoms with Crippen LogP contribution in [0.5, 0.6) is 0 Å². The van der Waals surface area contributed by atoms with Gasteiger partial charge in [0.15, 0.2) is 0 Å². The summed E-state index contributed by atoms with van der Waals surface area (Å²) >= 11 is 0.883. The van der Waals surface area contributed by atoms with E-state index in [0.29, 0.717) is 5.56 Å². The second-order valence-corrected chi connectivity index (χ2v) is 9.77. The molecular weight excluding hydrogens is 448 g/mol. The second kappa shape index (κ2) is 9.97. The largest absolute Gasteiger partial charge is 0.462 e. The molecule has 0 spiro atoms. The minimum atomic E-state index is -3.97. The summed E-state index contributed by atoms with van der Waals surface area (Å²) in [6.07, 6.45) is 0. The fraction of sp³-hybridized carbons (Fsp3) is 0.217. The number of thiophene rings is 1. The van der Waals surface area contributed by atoms with Crippen molar-refractivity contribution in [2.24, 2.45) is 0 Å². The fourth-order valence-corrected chi connectivity index (χ4v) is 5.42. The molecule has 3 aromatic rings. The van der Waals surface area contributed by atoms with Crippen LogP contribution in [0.15, 0.2) is 59.5 Å². The first-order chi connectivity index (χ1) is 15.2. The van der Waals surface area contributed by atoms with Crippen LogP contribution < -0.4 is 10.0 Å². The van der Waals surface area contributed by atoms with E-state index in [0.717, 1.165) is 22.5 Å². The SMILES string of the molecule is CCOC(=O)c1sc(NS(=O)(=O)c2ccc(C)cc2)c(C(=O)NCc2ccccc2)c1C. The Kier molecular flexibility index (Phi) is 7.32. The van der Waals surface area contributed by atoms with Gasteiger partial charge in [0.2, 0.25) is 0 Å². The maximum atomic E-state index is 13.0. The first-order valence-corrected chi connectivity index (χ1v) is 12.2. The zero-order valence-electron chi connectivity index (χ0n) is 18.0. The Balaban J connectivity index is 1.96. The summed E-state index contributed by atoms with van der Waals surface area (Å²) in [7, 11) is -3.97. The summed E-state index contributed by atoms with van der Waals surface area (Å²) in [5, 5.41) is 2.86. The Morgan fingerprint density at radius 2 is 1.66 bits per heavy atom. The molecule has 0 atom stereocenters. The van der Waals surface area contributed by atoms with Crippen molar-refractivity contribution in [3.8, 4) is 0 Å². The van der Waals surface area contributed by atoms with Gasteiger partial charge in [-0.2, -0.15) is 0 Å². The maximum absolute atomic E-state index is 13.0. The number of nitrogens with one attached hydrogen (secondary N) is 2. The van der Waals surface area contributed by atoms with Crippen LogP contribution in [0.3, 0.4) is 0 Å². The van der Waals surface area contributed by atoms with Gasteiger partial charge in [0.05, 0.1) is 17.1 Å². The first kappa shape index (κ1) is 23.5. The molecule has 3 rings (SSSR count). The number of aryl methyl sites for hydroxylation is 1. The quantitative estimate of drug-likeness (QED) is 0.477. The van der Waals surface area contributed by atoms with Crippen molar-refractivity contribution in [3.05, 3.63) is 81.7 Å². The molecule has 0 unspecified atom stereocenters. The Labute approximate surface area is 191 Å². The molecule has 0 fully saturated rings. The van der Waals surface area contributed by atoms with E-state index in [1.165, 1.54) is 12.1 Å². The molecule has 0 saturated heterocycles. The fourth-order valence-electron chi connectivity index (χ4n) is 3.02. The van der Waals surface area contributed by atoms with E-state index in [9.17, 15) is 18.0 Å². The van der Waals surface area contributed by atoms with E-state index in [1.807, 2.05) is 37.3 Å². The van der Waals surface area contributed by atoms with Gasteiger partial charge in [-0.05, 0) is 44.0 Å². The molecule has 2 aromatic carbocycles.